The van der Waals surface area contributed by atoms with Gasteiger partial charge in [-0.1, -0.05) is 12.1 Å². The number of hydrogen-bond acceptors (Lipinski definition) is 4. The number of nitrogens with zero attached hydrogens (tertiary/aromatic N) is 2. The number of aromatic nitrogens is 1. The number of nitrogens with one attached hydrogen (secondary N) is 1. The molecule has 0 unspecified atom stereocenters. The average molecular weight is 399 g/mol. The number of fused-ring (bicyclic) bond motifs is 1. The lowest BCUT2D eigenvalue weighted by Crippen LogP contribution is -2.41. The molecule has 146 valence electrons. The fraction of sp³-hybridized carbons (Fsp3) is 0.286. The highest BCUT2D eigenvalue weighted by atomic mass is 32.2. The molecular weight excluding hydrogens is 377 g/mol. The third kappa shape index (κ3) is 4.00. The van der Waals surface area contributed by atoms with Crippen molar-refractivity contribution in [1.29, 1.82) is 0 Å². The van der Waals surface area contributed by atoms with E-state index in [1.165, 1.54) is 22.7 Å². The predicted molar refractivity (Wildman–Crippen MR) is 110 cm³/mol. The van der Waals surface area contributed by atoms with E-state index >= 15 is 0 Å². The molecule has 0 bridgehead atoms. The average Bonchev–Trinajstić information content (AvgIpc) is 2.67. The van der Waals surface area contributed by atoms with Gasteiger partial charge in [0.2, 0.25) is 10.0 Å². The van der Waals surface area contributed by atoms with E-state index in [9.17, 15) is 12.8 Å². The van der Waals surface area contributed by atoms with Crippen LogP contribution in [0.1, 0.15) is 12.8 Å². The SMILES string of the molecule is CS(=O)(=O)N1CCC(Nc2cc(-c3cccc(F)c3)cc3ccncc23)CC1. The number of sulfonamides is 1. The first-order valence-corrected chi connectivity index (χ1v) is 11.1. The van der Waals surface area contributed by atoms with Crippen LogP contribution in [0.4, 0.5) is 10.1 Å². The highest BCUT2D eigenvalue weighted by molar-refractivity contribution is 7.88. The third-order valence-electron chi connectivity index (χ3n) is 5.20. The van der Waals surface area contributed by atoms with E-state index in [1.54, 1.807) is 12.3 Å². The zero-order valence-corrected chi connectivity index (χ0v) is 16.4. The first-order valence-electron chi connectivity index (χ1n) is 9.25. The van der Waals surface area contributed by atoms with Crippen molar-refractivity contribution in [3.05, 3.63) is 60.7 Å². The maximum Gasteiger partial charge on any atom is 0.211 e. The molecule has 1 aliphatic rings. The summed E-state index contributed by atoms with van der Waals surface area (Å²) in [5.41, 5.74) is 2.67. The van der Waals surface area contributed by atoms with E-state index in [4.69, 9.17) is 0 Å². The van der Waals surface area contributed by atoms with Crippen LogP contribution in [0, 0.1) is 5.82 Å². The molecule has 3 aromatic rings. The van der Waals surface area contributed by atoms with Crippen molar-refractivity contribution in [2.24, 2.45) is 0 Å². The molecule has 0 amide bonds. The molecule has 0 saturated carbocycles. The van der Waals surface area contributed by atoms with Crippen molar-refractivity contribution in [2.75, 3.05) is 24.7 Å². The Morgan fingerprint density at radius 1 is 1.11 bits per heavy atom. The Morgan fingerprint density at radius 2 is 1.89 bits per heavy atom. The Balaban J connectivity index is 1.65. The second kappa shape index (κ2) is 7.48. The van der Waals surface area contributed by atoms with Crippen molar-refractivity contribution < 1.29 is 12.8 Å². The van der Waals surface area contributed by atoms with Crippen molar-refractivity contribution in [1.82, 2.24) is 9.29 Å². The summed E-state index contributed by atoms with van der Waals surface area (Å²) in [4.78, 5) is 4.24. The Bertz CT molecular complexity index is 1110. The zero-order valence-electron chi connectivity index (χ0n) is 15.6. The molecule has 1 aliphatic heterocycles. The lowest BCUT2D eigenvalue weighted by atomic mass is 9.99. The second-order valence-corrected chi connectivity index (χ2v) is 9.19. The summed E-state index contributed by atoms with van der Waals surface area (Å²) in [7, 11) is -3.14. The Hall–Kier alpha value is -2.51. The zero-order chi connectivity index (χ0) is 19.7. The van der Waals surface area contributed by atoms with E-state index in [0.717, 1.165) is 40.4 Å². The normalized spacial score (nSPS) is 16.4. The number of rotatable bonds is 4. The molecule has 0 atom stereocenters. The van der Waals surface area contributed by atoms with Crippen LogP contribution in [0.2, 0.25) is 0 Å². The molecule has 1 N–H and O–H groups in total. The number of benzene rings is 2. The van der Waals surface area contributed by atoms with E-state index in [-0.39, 0.29) is 11.9 Å². The molecule has 1 fully saturated rings. The molecule has 2 heterocycles. The van der Waals surface area contributed by atoms with E-state index < -0.39 is 10.0 Å². The van der Waals surface area contributed by atoms with Crippen molar-refractivity contribution in [2.45, 2.75) is 18.9 Å². The van der Waals surface area contributed by atoms with Crippen LogP contribution >= 0.6 is 0 Å². The minimum absolute atomic E-state index is 0.171. The van der Waals surface area contributed by atoms with Crippen LogP contribution in [-0.2, 0) is 10.0 Å². The quantitative estimate of drug-likeness (QED) is 0.723. The standard InChI is InChI=1S/C21H22FN3O2S/c1-28(26,27)25-9-6-19(7-10-25)24-21-13-17(15-3-2-4-18(22)12-15)11-16-5-8-23-14-20(16)21/h2-5,8,11-14,19,24H,6-7,9-10H2,1H3. The number of pyridine rings is 1. The van der Waals surface area contributed by atoms with Gasteiger partial charge >= 0.3 is 0 Å². The van der Waals surface area contributed by atoms with Gasteiger partial charge in [0, 0.05) is 42.6 Å². The molecule has 1 aromatic heterocycles. The van der Waals surface area contributed by atoms with Crippen molar-refractivity contribution in [3.63, 3.8) is 0 Å². The largest absolute Gasteiger partial charge is 0.382 e. The van der Waals surface area contributed by atoms with Gasteiger partial charge in [-0.05, 0) is 59.7 Å². The Labute approximate surface area is 164 Å². The molecule has 0 spiro atoms. The van der Waals surface area contributed by atoms with Gasteiger partial charge in [-0.3, -0.25) is 4.98 Å². The number of piperidine rings is 1. The van der Waals surface area contributed by atoms with Gasteiger partial charge in [-0.25, -0.2) is 17.1 Å². The van der Waals surface area contributed by atoms with E-state index in [2.05, 4.69) is 10.3 Å². The third-order valence-corrected chi connectivity index (χ3v) is 6.50. The minimum Gasteiger partial charge on any atom is -0.382 e. The first-order chi connectivity index (χ1) is 13.4. The lowest BCUT2D eigenvalue weighted by molar-refractivity contribution is 0.332. The molecule has 0 radical (unpaired) electrons. The van der Waals surface area contributed by atoms with Gasteiger partial charge < -0.3 is 5.32 Å². The van der Waals surface area contributed by atoms with Gasteiger partial charge in [-0.15, -0.1) is 0 Å². The van der Waals surface area contributed by atoms with Crippen molar-refractivity contribution in [3.8, 4) is 11.1 Å². The maximum absolute atomic E-state index is 13.7. The number of hydrogen-bond donors (Lipinski definition) is 1. The van der Waals surface area contributed by atoms with Gasteiger partial charge in [0.1, 0.15) is 5.82 Å². The van der Waals surface area contributed by atoms with Crippen LogP contribution in [-0.4, -0.2) is 43.1 Å². The van der Waals surface area contributed by atoms with Crippen LogP contribution in [0.25, 0.3) is 21.9 Å². The van der Waals surface area contributed by atoms with Gasteiger partial charge in [0.05, 0.1) is 6.26 Å². The van der Waals surface area contributed by atoms with Gasteiger partial charge in [-0.2, -0.15) is 0 Å². The molecule has 4 rings (SSSR count). The van der Waals surface area contributed by atoms with Crippen LogP contribution in [0.5, 0.6) is 0 Å². The number of anilines is 1. The summed E-state index contributed by atoms with van der Waals surface area (Å²) in [6.45, 7) is 1.02. The van der Waals surface area contributed by atoms with E-state index in [1.807, 2.05) is 30.5 Å². The molecule has 28 heavy (non-hydrogen) atoms. The summed E-state index contributed by atoms with van der Waals surface area (Å²) in [5, 5.41) is 5.58. The predicted octanol–water partition coefficient (Wildman–Crippen LogP) is 3.88. The number of halogens is 1. The summed E-state index contributed by atoms with van der Waals surface area (Å²) < 4.78 is 38.7. The van der Waals surface area contributed by atoms with Crippen LogP contribution in [0.3, 0.4) is 0 Å². The second-order valence-electron chi connectivity index (χ2n) is 7.21. The first kappa shape index (κ1) is 18.8. The fourth-order valence-corrected chi connectivity index (χ4v) is 4.58. The molecule has 7 heteroatoms. The molecule has 1 saturated heterocycles. The van der Waals surface area contributed by atoms with Gasteiger partial charge in [0.25, 0.3) is 0 Å². The summed E-state index contributed by atoms with van der Waals surface area (Å²) in [6, 6.07) is 12.7. The molecular formula is C21H22FN3O2S. The summed E-state index contributed by atoms with van der Waals surface area (Å²) in [5.74, 6) is -0.269. The smallest absolute Gasteiger partial charge is 0.211 e. The summed E-state index contributed by atoms with van der Waals surface area (Å²) in [6.07, 6.45) is 6.28. The fourth-order valence-electron chi connectivity index (χ4n) is 3.70. The van der Waals surface area contributed by atoms with Crippen LogP contribution in [0.15, 0.2) is 54.9 Å². The molecule has 0 aliphatic carbocycles. The van der Waals surface area contributed by atoms with Crippen LogP contribution < -0.4 is 5.32 Å². The van der Waals surface area contributed by atoms with E-state index in [0.29, 0.717) is 13.1 Å². The topological polar surface area (TPSA) is 62.3 Å². The van der Waals surface area contributed by atoms with Crippen molar-refractivity contribution >= 4 is 26.5 Å². The minimum atomic E-state index is -3.14. The Kier molecular flexibility index (Phi) is 5.03. The Morgan fingerprint density at radius 3 is 2.61 bits per heavy atom. The van der Waals surface area contributed by atoms with Gasteiger partial charge in [0.15, 0.2) is 0 Å². The monoisotopic (exact) mass is 399 g/mol. The lowest BCUT2D eigenvalue weighted by Gasteiger charge is -2.31. The molecule has 5 nitrogen and oxygen atoms in total. The molecule has 2 aromatic carbocycles. The highest BCUT2D eigenvalue weighted by Gasteiger charge is 2.25. The highest BCUT2D eigenvalue weighted by Crippen LogP contribution is 2.32. The maximum atomic E-state index is 13.7. The summed E-state index contributed by atoms with van der Waals surface area (Å²) >= 11 is 0.